The summed E-state index contributed by atoms with van der Waals surface area (Å²) >= 11 is 0. The zero-order valence-corrected chi connectivity index (χ0v) is 8.97. The number of rotatable bonds is 2. The minimum absolute atomic E-state index is 0.210. The number of aromatic nitrogens is 2. The Bertz CT molecular complexity index is 531. The van der Waals surface area contributed by atoms with Crippen molar-refractivity contribution in [3.63, 3.8) is 0 Å². The Kier molecular flexibility index (Phi) is 2.83. The van der Waals surface area contributed by atoms with Crippen molar-refractivity contribution in [3.05, 3.63) is 52.6 Å². The van der Waals surface area contributed by atoms with Crippen molar-refractivity contribution in [1.29, 1.82) is 0 Å². The summed E-state index contributed by atoms with van der Waals surface area (Å²) in [6.07, 6.45) is 0. The second-order valence-electron chi connectivity index (χ2n) is 3.68. The van der Waals surface area contributed by atoms with Gasteiger partial charge in [-0.15, -0.1) is 0 Å². The van der Waals surface area contributed by atoms with Crippen molar-refractivity contribution in [1.82, 2.24) is 9.97 Å². The van der Waals surface area contributed by atoms with E-state index in [0.29, 0.717) is 11.4 Å². The Morgan fingerprint density at radius 2 is 2.00 bits per heavy atom. The van der Waals surface area contributed by atoms with Crippen molar-refractivity contribution in [2.45, 2.75) is 13.0 Å². The van der Waals surface area contributed by atoms with Crippen molar-refractivity contribution < 1.29 is 0 Å². The van der Waals surface area contributed by atoms with E-state index in [2.05, 4.69) is 9.97 Å². The molecule has 1 heterocycles. The highest BCUT2D eigenvalue weighted by molar-refractivity contribution is 5.58. The summed E-state index contributed by atoms with van der Waals surface area (Å²) in [5.41, 5.74) is 7.62. The molecule has 0 spiro atoms. The Labute approximate surface area is 93.2 Å². The molecule has 1 atom stereocenters. The summed E-state index contributed by atoms with van der Waals surface area (Å²) in [6.45, 7) is 1.82. The van der Waals surface area contributed by atoms with Gasteiger partial charge < -0.3 is 10.7 Å². The van der Waals surface area contributed by atoms with E-state index in [0.717, 1.165) is 5.56 Å². The largest absolute Gasteiger partial charge is 0.345 e. The number of nitrogens with one attached hydrogen (secondary N) is 1. The van der Waals surface area contributed by atoms with Gasteiger partial charge in [-0.3, -0.25) is 0 Å². The van der Waals surface area contributed by atoms with Crippen molar-refractivity contribution in [2.24, 2.45) is 5.73 Å². The maximum Gasteiger partial charge on any atom is 0.345 e. The zero-order valence-electron chi connectivity index (χ0n) is 8.97. The molecule has 0 bridgehead atoms. The van der Waals surface area contributed by atoms with Crippen LogP contribution in [0.1, 0.15) is 18.7 Å². The molecule has 0 radical (unpaired) electrons. The van der Waals surface area contributed by atoms with Crippen molar-refractivity contribution in [3.8, 4) is 11.3 Å². The minimum atomic E-state index is -0.367. The Morgan fingerprint density at radius 3 is 2.62 bits per heavy atom. The monoisotopic (exact) mass is 215 g/mol. The molecule has 0 saturated heterocycles. The molecule has 82 valence electrons. The van der Waals surface area contributed by atoms with Crippen LogP contribution in [0.4, 0.5) is 0 Å². The van der Waals surface area contributed by atoms with Crippen LogP contribution in [0.15, 0.2) is 41.2 Å². The number of aromatic amines is 1. The highest BCUT2D eigenvalue weighted by Gasteiger charge is 2.05. The van der Waals surface area contributed by atoms with E-state index in [9.17, 15) is 4.79 Å². The molecule has 0 fully saturated rings. The van der Waals surface area contributed by atoms with E-state index in [1.807, 2.05) is 37.3 Å². The molecule has 2 aromatic rings. The lowest BCUT2D eigenvalue weighted by Crippen LogP contribution is -2.18. The fourth-order valence-corrected chi connectivity index (χ4v) is 1.48. The first-order valence-electron chi connectivity index (χ1n) is 5.09. The van der Waals surface area contributed by atoms with Crippen LogP contribution in [0.5, 0.6) is 0 Å². The summed E-state index contributed by atoms with van der Waals surface area (Å²) in [5.74, 6) is 0. The van der Waals surface area contributed by atoms with Gasteiger partial charge in [0.2, 0.25) is 0 Å². The average Bonchev–Trinajstić information content (AvgIpc) is 2.29. The molecule has 16 heavy (non-hydrogen) atoms. The molecule has 0 aliphatic rings. The molecule has 0 amide bonds. The normalized spacial score (nSPS) is 12.4. The maximum absolute atomic E-state index is 11.4. The topological polar surface area (TPSA) is 71.8 Å². The molecule has 3 N–H and O–H groups in total. The molecule has 0 saturated carbocycles. The van der Waals surface area contributed by atoms with Gasteiger partial charge in [0, 0.05) is 17.3 Å². The Hall–Kier alpha value is -1.94. The van der Waals surface area contributed by atoms with Crippen LogP contribution in [0.2, 0.25) is 0 Å². The number of nitrogens with two attached hydrogens (primary N) is 1. The fourth-order valence-electron chi connectivity index (χ4n) is 1.48. The predicted molar refractivity (Wildman–Crippen MR) is 62.9 cm³/mol. The van der Waals surface area contributed by atoms with Crippen molar-refractivity contribution >= 4 is 0 Å². The fraction of sp³-hybridized carbons (Fsp3) is 0.167. The number of H-pyrrole nitrogens is 1. The molecule has 2 rings (SSSR count). The minimum Gasteiger partial charge on any atom is -0.323 e. The SMILES string of the molecule is CC(N)c1cc(-c2ccccc2)nc(=O)[nH]1. The molecule has 1 aromatic heterocycles. The third kappa shape index (κ3) is 2.17. The highest BCUT2D eigenvalue weighted by Crippen LogP contribution is 2.16. The predicted octanol–water partition coefficient (Wildman–Crippen LogP) is 1.46. The quantitative estimate of drug-likeness (QED) is 0.796. The summed E-state index contributed by atoms with van der Waals surface area (Å²) in [6, 6.07) is 11.1. The van der Waals surface area contributed by atoms with E-state index >= 15 is 0 Å². The number of nitrogens with zero attached hydrogens (tertiary/aromatic N) is 1. The summed E-state index contributed by atoms with van der Waals surface area (Å²) in [5, 5.41) is 0. The molecular weight excluding hydrogens is 202 g/mol. The van der Waals surface area contributed by atoms with Gasteiger partial charge in [-0.1, -0.05) is 30.3 Å². The van der Waals surface area contributed by atoms with E-state index in [1.165, 1.54) is 0 Å². The summed E-state index contributed by atoms with van der Waals surface area (Å²) in [7, 11) is 0. The first-order valence-corrected chi connectivity index (χ1v) is 5.09. The molecule has 0 aliphatic carbocycles. The second-order valence-corrected chi connectivity index (χ2v) is 3.68. The molecule has 4 nitrogen and oxygen atoms in total. The van der Waals surface area contributed by atoms with Gasteiger partial charge in [-0.25, -0.2) is 4.79 Å². The third-order valence-electron chi connectivity index (χ3n) is 2.33. The first-order chi connectivity index (χ1) is 7.66. The van der Waals surface area contributed by atoms with Gasteiger partial charge in [0.25, 0.3) is 0 Å². The lowest BCUT2D eigenvalue weighted by Gasteiger charge is -2.06. The second kappa shape index (κ2) is 4.28. The van der Waals surface area contributed by atoms with Gasteiger partial charge in [0.15, 0.2) is 0 Å². The maximum atomic E-state index is 11.4. The number of hydrogen-bond donors (Lipinski definition) is 2. The third-order valence-corrected chi connectivity index (χ3v) is 2.33. The smallest absolute Gasteiger partial charge is 0.323 e. The van der Waals surface area contributed by atoms with Crippen LogP contribution in [-0.4, -0.2) is 9.97 Å². The van der Waals surface area contributed by atoms with Crippen LogP contribution in [0.25, 0.3) is 11.3 Å². The Balaban J connectivity index is 2.54. The standard InChI is InChI=1S/C12H13N3O/c1-8(13)10-7-11(15-12(16)14-10)9-5-3-2-4-6-9/h2-8H,13H2,1H3,(H,14,15,16). The lowest BCUT2D eigenvalue weighted by molar-refractivity contribution is 0.766. The van der Waals surface area contributed by atoms with Gasteiger partial charge in [0.05, 0.1) is 5.69 Å². The van der Waals surface area contributed by atoms with E-state index in [1.54, 1.807) is 6.07 Å². The number of hydrogen-bond acceptors (Lipinski definition) is 3. The molecular formula is C12H13N3O. The summed E-state index contributed by atoms with van der Waals surface area (Å²) < 4.78 is 0. The molecule has 4 heteroatoms. The van der Waals surface area contributed by atoms with Gasteiger partial charge in [-0.2, -0.15) is 4.98 Å². The molecule has 0 aliphatic heterocycles. The molecule has 1 unspecified atom stereocenters. The van der Waals surface area contributed by atoms with Crippen LogP contribution in [-0.2, 0) is 0 Å². The summed E-state index contributed by atoms with van der Waals surface area (Å²) in [4.78, 5) is 17.9. The van der Waals surface area contributed by atoms with Crippen LogP contribution >= 0.6 is 0 Å². The van der Waals surface area contributed by atoms with Crippen LogP contribution in [0.3, 0.4) is 0 Å². The van der Waals surface area contributed by atoms with E-state index in [-0.39, 0.29) is 11.7 Å². The van der Waals surface area contributed by atoms with E-state index in [4.69, 9.17) is 5.73 Å². The van der Waals surface area contributed by atoms with Gasteiger partial charge in [-0.05, 0) is 13.0 Å². The van der Waals surface area contributed by atoms with E-state index < -0.39 is 0 Å². The molecule has 1 aromatic carbocycles. The van der Waals surface area contributed by atoms with Gasteiger partial charge in [0.1, 0.15) is 0 Å². The van der Waals surface area contributed by atoms with Gasteiger partial charge >= 0.3 is 5.69 Å². The van der Waals surface area contributed by atoms with Crippen molar-refractivity contribution in [2.75, 3.05) is 0 Å². The average molecular weight is 215 g/mol. The van der Waals surface area contributed by atoms with Crippen LogP contribution < -0.4 is 11.4 Å². The number of benzene rings is 1. The lowest BCUT2D eigenvalue weighted by atomic mass is 10.1. The first kappa shape index (κ1) is 10.6. The Morgan fingerprint density at radius 1 is 1.31 bits per heavy atom. The van der Waals surface area contributed by atoms with Crippen LogP contribution in [0, 0.1) is 0 Å². The highest BCUT2D eigenvalue weighted by atomic mass is 16.1. The zero-order chi connectivity index (χ0) is 11.5.